The predicted molar refractivity (Wildman–Crippen MR) is 68.9 cm³/mol. The molecule has 0 aliphatic heterocycles. The Labute approximate surface area is 101 Å². The number of nitrogens with zero attached hydrogens (tertiary/aromatic N) is 2. The Morgan fingerprint density at radius 2 is 2.12 bits per heavy atom. The summed E-state index contributed by atoms with van der Waals surface area (Å²) < 4.78 is 7.38. The minimum absolute atomic E-state index is 0.560. The van der Waals surface area contributed by atoms with Crippen LogP contribution in [0.3, 0.4) is 0 Å². The van der Waals surface area contributed by atoms with Crippen molar-refractivity contribution in [3.8, 4) is 5.75 Å². The molecule has 0 saturated heterocycles. The average Bonchev–Trinajstić information content (AvgIpc) is 2.84. The Balaban J connectivity index is 1.81. The van der Waals surface area contributed by atoms with Crippen molar-refractivity contribution in [3.05, 3.63) is 54.4 Å². The van der Waals surface area contributed by atoms with Crippen LogP contribution in [0.4, 0.5) is 0 Å². The number of aromatic nitrogens is 2. The lowest BCUT2D eigenvalue weighted by molar-refractivity contribution is 0.363. The van der Waals surface area contributed by atoms with Crippen molar-refractivity contribution in [2.24, 2.45) is 0 Å². The average molecular weight is 228 g/mol. The van der Waals surface area contributed by atoms with Crippen molar-refractivity contribution >= 4 is 6.08 Å². The summed E-state index contributed by atoms with van der Waals surface area (Å²) in [7, 11) is 0. The van der Waals surface area contributed by atoms with Crippen molar-refractivity contribution in [1.82, 2.24) is 9.78 Å². The van der Waals surface area contributed by atoms with E-state index in [0.717, 1.165) is 12.3 Å². The Kier molecular flexibility index (Phi) is 3.97. The molecule has 88 valence electrons. The number of benzene rings is 1. The van der Waals surface area contributed by atoms with Gasteiger partial charge in [-0.25, -0.2) is 0 Å². The van der Waals surface area contributed by atoms with Crippen LogP contribution >= 0.6 is 0 Å². The second kappa shape index (κ2) is 5.89. The molecular formula is C14H16N2O. The van der Waals surface area contributed by atoms with Crippen molar-refractivity contribution in [1.29, 1.82) is 0 Å². The molecule has 0 aliphatic carbocycles. The normalized spacial score (nSPS) is 10.9. The smallest absolute Gasteiger partial charge is 0.157 e. The van der Waals surface area contributed by atoms with Crippen LogP contribution in [0.2, 0.25) is 0 Å². The van der Waals surface area contributed by atoms with Crippen molar-refractivity contribution in [2.75, 3.05) is 6.61 Å². The van der Waals surface area contributed by atoms with Crippen LogP contribution in [0.1, 0.15) is 12.5 Å². The molecule has 0 amide bonds. The third-order valence-electron chi connectivity index (χ3n) is 2.39. The van der Waals surface area contributed by atoms with Crippen LogP contribution in [0.25, 0.3) is 6.08 Å². The summed E-state index contributed by atoms with van der Waals surface area (Å²) in [6.45, 7) is 3.47. The van der Waals surface area contributed by atoms with Gasteiger partial charge >= 0.3 is 0 Å². The molecule has 2 rings (SSSR count). The minimum Gasteiger partial charge on any atom is -0.486 e. The molecule has 0 radical (unpaired) electrons. The third kappa shape index (κ3) is 3.48. The molecular weight excluding hydrogens is 212 g/mol. The number of hydrogen-bond acceptors (Lipinski definition) is 2. The molecule has 1 heterocycles. The van der Waals surface area contributed by atoms with Gasteiger partial charge in [-0.2, -0.15) is 5.10 Å². The van der Waals surface area contributed by atoms with Gasteiger partial charge in [0.2, 0.25) is 0 Å². The summed E-state index contributed by atoms with van der Waals surface area (Å²) in [5, 5.41) is 4.14. The molecule has 17 heavy (non-hydrogen) atoms. The fourth-order valence-corrected chi connectivity index (χ4v) is 1.48. The Morgan fingerprint density at radius 3 is 2.82 bits per heavy atom. The zero-order chi connectivity index (χ0) is 11.9. The highest BCUT2D eigenvalue weighted by Crippen LogP contribution is 2.08. The SMILES string of the molecule is CCn1cc(OC/C=C/c2ccccc2)cn1. The van der Waals surface area contributed by atoms with Crippen LogP contribution in [-0.4, -0.2) is 16.4 Å². The summed E-state index contributed by atoms with van der Waals surface area (Å²) in [5.74, 6) is 0.810. The lowest BCUT2D eigenvalue weighted by atomic mass is 10.2. The summed E-state index contributed by atoms with van der Waals surface area (Å²) in [5.41, 5.74) is 1.18. The molecule has 3 nitrogen and oxygen atoms in total. The quantitative estimate of drug-likeness (QED) is 0.786. The van der Waals surface area contributed by atoms with E-state index in [2.05, 4.69) is 17.2 Å². The van der Waals surface area contributed by atoms with Gasteiger partial charge in [0, 0.05) is 6.54 Å². The lowest BCUT2D eigenvalue weighted by Gasteiger charge is -1.98. The molecule has 0 unspecified atom stereocenters. The molecule has 0 aliphatic rings. The van der Waals surface area contributed by atoms with Gasteiger partial charge in [-0.1, -0.05) is 36.4 Å². The van der Waals surface area contributed by atoms with Crippen LogP contribution in [0, 0.1) is 0 Å². The topological polar surface area (TPSA) is 27.1 Å². The summed E-state index contributed by atoms with van der Waals surface area (Å²) >= 11 is 0. The van der Waals surface area contributed by atoms with E-state index in [1.807, 2.05) is 48.2 Å². The zero-order valence-corrected chi connectivity index (χ0v) is 9.91. The predicted octanol–water partition coefficient (Wildman–Crippen LogP) is 3.00. The fraction of sp³-hybridized carbons (Fsp3) is 0.214. The minimum atomic E-state index is 0.560. The van der Waals surface area contributed by atoms with Crippen molar-refractivity contribution < 1.29 is 4.74 Å². The first-order valence-corrected chi connectivity index (χ1v) is 5.75. The maximum absolute atomic E-state index is 5.54. The number of hydrogen-bond donors (Lipinski definition) is 0. The summed E-state index contributed by atoms with van der Waals surface area (Å²) in [6.07, 6.45) is 7.68. The molecule has 0 fully saturated rings. The van der Waals surface area contributed by atoms with E-state index in [4.69, 9.17) is 4.74 Å². The van der Waals surface area contributed by atoms with Gasteiger partial charge in [0.25, 0.3) is 0 Å². The van der Waals surface area contributed by atoms with E-state index in [-0.39, 0.29) is 0 Å². The number of ether oxygens (including phenoxy) is 1. The van der Waals surface area contributed by atoms with Crippen molar-refractivity contribution in [2.45, 2.75) is 13.5 Å². The molecule has 1 aromatic heterocycles. The van der Waals surface area contributed by atoms with E-state index in [1.54, 1.807) is 6.20 Å². The molecule has 2 aromatic rings. The van der Waals surface area contributed by atoms with Gasteiger partial charge in [0.05, 0.1) is 12.4 Å². The number of rotatable bonds is 5. The Bertz CT molecular complexity index is 474. The highest BCUT2D eigenvalue weighted by Gasteiger charge is 1.95. The maximum atomic E-state index is 5.54. The van der Waals surface area contributed by atoms with Gasteiger partial charge in [-0.05, 0) is 18.6 Å². The summed E-state index contributed by atoms with van der Waals surface area (Å²) in [6, 6.07) is 10.2. The van der Waals surface area contributed by atoms with E-state index in [1.165, 1.54) is 5.56 Å². The van der Waals surface area contributed by atoms with E-state index >= 15 is 0 Å². The van der Waals surface area contributed by atoms with E-state index in [0.29, 0.717) is 6.61 Å². The van der Waals surface area contributed by atoms with E-state index in [9.17, 15) is 0 Å². The molecule has 3 heteroatoms. The molecule has 0 spiro atoms. The van der Waals surface area contributed by atoms with Crippen molar-refractivity contribution in [3.63, 3.8) is 0 Å². The molecule has 0 bridgehead atoms. The second-order valence-corrected chi connectivity index (χ2v) is 3.66. The van der Waals surface area contributed by atoms with Crippen LogP contribution < -0.4 is 4.74 Å². The lowest BCUT2D eigenvalue weighted by Crippen LogP contribution is -1.93. The van der Waals surface area contributed by atoms with Crippen LogP contribution in [0.5, 0.6) is 5.75 Å². The maximum Gasteiger partial charge on any atom is 0.157 e. The number of aryl methyl sites for hydroxylation is 1. The molecule has 0 N–H and O–H groups in total. The Hall–Kier alpha value is -2.03. The van der Waals surface area contributed by atoms with Crippen LogP contribution in [0.15, 0.2) is 48.8 Å². The van der Waals surface area contributed by atoms with Gasteiger partial charge < -0.3 is 4.74 Å². The fourth-order valence-electron chi connectivity index (χ4n) is 1.48. The van der Waals surface area contributed by atoms with Gasteiger partial charge in [0.1, 0.15) is 6.61 Å². The first kappa shape index (κ1) is 11.5. The standard InChI is InChI=1S/C14H16N2O/c1-2-16-12-14(11-15-16)17-10-6-9-13-7-4-3-5-8-13/h3-9,11-12H,2,10H2,1H3/b9-6+. The van der Waals surface area contributed by atoms with Gasteiger partial charge in [-0.3, -0.25) is 4.68 Å². The highest BCUT2D eigenvalue weighted by molar-refractivity contribution is 5.48. The third-order valence-corrected chi connectivity index (χ3v) is 2.39. The molecule has 1 aromatic carbocycles. The first-order valence-electron chi connectivity index (χ1n) is 5.75. The summed E-state index contributed by atoms with van der Waals surface area (Å²) in [4.78, 5) is 0. The van der Waals surface area contributed by atoms with Crippen LogP contribution in [-0.2, 0) is 6.54 Å². The van der Waals surface area contributed by atoms with E-state index < -0.39 is 0 Å². The monoisotopic (exact) mass is 228 g/mol. The highest BCUT2D eigenvalue weighted by atomic mass is 16.5. The Morgan fingerprint density at radius 1 is 1.29 bits per heavy atom. The largest absolute Gasteiger partial charge is 0.486 e. The molecule has 0 saturated carbocycles. The van der Waals surface area contributed by atoms with Gasteiger partial charge in [-0.15, -0.1) is 0 Å². The zero-order valence-electron chi connectivity index (χ0n) is 9.91. The molecule has 0 atom stereocenters. The first-order chi connectivity index (χ1) is 8.38. The van der Waals surface area contributed by atoms with Gasteiger partial charge in [0.15, 0.2) is 5.75 Å². The second-order valence-electron chi connectivity index (χ2n) is 3.66.